The van der Waals surface area contributed by atoms with Gasteiger partial charge in [0.15, 0.2) is 0 Å². The van der Waals surface area contributed by atoms with E-state index < -0.39 is 0 Å². The summed E-state index contributed by atoms with van der Waals surface area (Å²) in [5.41, 5.74) is 0.175. The van der Waals surface area contributed by atoms with Crippen LogP contribution >= 0.6 is 0 Å². The van der Waals surface area contributed by atoms with E-state index in [0.29, 0.717) is 12.6 Å². The van der Waals surface area contributed by atoms with Gasteiger partial charge in [-0.15, -0.1) is 0 Å². The molecule has 0 aliphatic heterocycles. The lowest BCUT2D eigenvalue weighted by molar-refractivity contribution is 0.0118. The van der Waals surface area contributed by atoms with Crippen LogP contribution in [0, 0.1) is 11.3 Å². The van der Waals surface area contributed by atoms with Crippen molar-refractivity contribution in [2.45, 2.75) is 78.7 Å². The Bertz CT molecular complexity index is 243. The van der Waals surface area contributed by atoms with Crippen LogP contribution < -0.4 is 0 Å². The van der Waals surface area contributed by atoms with Crippen molar-refractivity contribution in [1.29, 1.82) is 0 Å². The van der Waals surface area contributed by atoms with Gasteiger partial charge in [0.25, 0.3) is 0 Å². The summed E-state index contributed by atoms with van der Waals surface area (Å²) in [6, 6.07) is 0.646. The van der Waals surface area contributed by atoms with Crippen LogP contribution in [0.5, 0.6) is 0 Å². The van der Waals surface area contributed by atoms with E-state index in [1.54, 1.807) is 0 Å². The molecule has 0 bridgehead atoms. The Hall–Kier alpha value is -0.0800. The molecule has 1 aliphatic rings. The van der Waals surface area contributed by atoms with Gasteiger partial charge in [-0.1, -0.05) is 40.0 Å². The molecule has 1 saturated carbocycles. The molecular formula is C17H35NO. The molecule has 1 aliphatic carbocycles. The molecule has 19 heavy (non-hydrogen) atoms. The highest BCUT2D eigenvalue weighted by atomic mass is 16.3. The standard InChI is InChI=1S/C17H35NO/c1-5-7-11-18(16(4)6-2)13-17(14-19)10-8-9-15(3)12-17/h15-16,19H,5-14H2,1-4H3. The van der Waals surface area contributed by atoms with Crippen LogP contribution in [0.25, 0.3) is 0 Å². The minimum atomic E-state index is 0.175. The first kappa shape index (κ1) is 17.0. The third-order valence-corrected chi connectivity index (χ3v) is 5.07. The van der Waals surface area contributed by atoms with Crippen molar-refractivity contribution in [2.24, 2.45) is 11.3 Å². The molecule has 3 atom stereocenters. The Kier molecular flexibility index (Phi) is 7.38. The minimum Gasteiger partial charge on any atom is -0.396 e. The van der Waals surface area contributed by atoms with Crippen molar-refractivity contribution >= 4 is 0 Å². The molecule has 0 heterocycles. The molecule has 2 nitrogen and oxygen atoms in total. The van der Waals surface area contributed by atoms with E-state index in [1.165, 1.54) is 51.5 Å². The third-order valence-electron chi connectivity index (χ3n) is 5.07. The Morgan fingerprint density at radius 2 is 2.11 bits per heavy atom. The zero-order valence-corrected chi connectivity index (χ0v) is 13.6. The monoisotopic (exact) mass is 269 g/mol. The van der Waals surface area contributed by atoms with E-state index in [2.05, 4.69) is 32.6 Å². The van der Waals surface area contributed by atoms with Gasteiger partial charge < -0.3 is 10.0 Å². The Balaban J connectivity index is 2.67. The SMILES string of the molecule is CCCCN(CC1(CO)CCCC(C)C1)C(C)CC. The largest absolute Gasteiger partial charge is 0.396 e. The minimum absolute atomic E-state index is 0.175. The van der Waals surface area contributed by atoms with E-state index in [0.717, 1.165) is 12.5 Å². The molecule has 1 fully saturated rings. The quantitative estimate of drug-likeness (QED) is 0.718. The summed E-state index contributed by atoms with van der Waals surface area (Å²) in [6.07, 6.45) is 8.82. The second-order valence-electron chi connectivity index (χ2n) is 6.94. The topological polar surface area (TPSA) is 23.5 Å². The van der Waals surface area contributed by atoms with Crippen LogP contribution in [0.3, 0.4) is 0 Å². The highest BCUT2D eigenvalue weighted by Crippen LogP contribution is 2.40. The van der Waals surface area contributed by atoms with Gasteiger partial charge in [-0.3, -0.25) is 0 Å². The lowest BCUT2D eigenvalue weighted by atomic mass is 9.70. The van der Waals surface area contributed by atoms with E-state index in [9.17, 15) is 5.11 Å². The van der Waals surface area contributed by atoms with Gasteiger partial charge in [-0.2, -0.15) is 0 Å². The number of unbranched alkanes of at least 4 members (excludes halogenated alkanes) is 1. The lowest BCUT2D eigenvalue weighted by Gasteiger charge is -2.44. The van der Waals surface area contributed by atoms with Crippen LogP contribution in [-0.2, 0) is 0 Å². The highest BCUT2D eigenvalue weighted by Gasteiger charge is 2.36. The Morgan fingerprint density at radius 1 is 1.37 bits per heavy atom. The van der Waals surface area contributed by atoms with Crippen LogP contribution in [-0.4, -0.2) is 35.7 Å². The van der Waals surface area contributed by atoms with Crippen LogP contribution in [0.1, 0.15) is 72.6 Å². The first-order chi connectivity index (χ1) is 9.06. The van der Waals surface area contributed by atoms with E-state index >= 15 is 0 Å². The fourth-order valence-electron chi connectivity index (χ4n) is 3.61. The zero-order chi connectivity index (χ0) is 14.3. The molecule has 0 spiro atoms. The van der Waals surface area contributed by atoms with Crippen molar-refractivity contribution in [3.05, 3.63) is 0 Å². The van der Waals surface area contributed by atoms with Gasteiger partial charge >= 0.3 is 0 Å². The molecular weight excluding hydrogens is 234 g/mol. The molecule has 0 aromatic heterocycles. The van der Waals surface area contributed by atoms with E-state index in [4.69, 9.17) is 0 Å². The maximum Gasteiger partial charge on any atom is 0.0499 e. The maximum atomic E-state index is 9.96. The molecule has 0 amide bonds. The third kappa shape index (κ3) is 5.07. The Labute approximate surface area is 120 Å². The molecule has 2 heteroatoms. The number of hydrogen-bond donors (Lipinski definition) is 1. The van der Waals surface area contributed by atoms with E-state index in [-0.39, 0.29) is 5.41 Å². The highest BCUT2D eigenvalue weighted by molar-refractivity contribution is 4.88. The molecule has 0 radical (unpaired) electrons. The summed E-state index contributed by atoms with van der Waals surface area (Å²) in [7, 11) is 0. The first-order valence-corrected chi connectivity index (χ1v) is 8.41. The van der Waals surface area contributed by atoms with Crippen molar-refractivity contribution in [3.8, 4) is 0 Å². The van der Waals surface area contributed by atoms with Crippen molar-refractivity contribution in [2.75, 3.05) is 19.7 Å². The van der Waals surface area contributed by atoms with Gasteiger partial charge in [-0.25, -0.2) is 0 Å². The predicted octanol–water partition coefficient (Wildman–Crippen LogP) is 4.08. The summed E-state index contributed by atoms with van der Waals surface area (Å²) < 4.78 is 0. The van der Waals surface area contributed by atoms with E-state index in [1.807, 2.05) is 0 Å². The van der Waals surface area contributed by atoms with Gasteiger partial charge in [0, 0.05) is 24.6 Å². The molecule has 0 aromatic rings. The van der Waals surface area contributed by atoms with Crippen LogP contribution in [0.4, 0.5) is 0 Å². The maximum absolute atomic E-state index is 9.96. The number of nitrogens with zero attached hydrogens (tertiary/aromatic N) is 1. The molecule has 1 N–H and O–H groups in total. The average molecular weight is 269 g/mol. The van der Waals surface area contributed by atoms with Crippen LogP contribution in [0.15, 0.2) is 0 Å². The zero-order valence-electron chi connectivity index (χ0n) is 13.6. The van der Waals surface area contributed by atoms with Gasteiger partial charge in [0.05, 0.1) is 0 Å². The Morgan fingerprint density at radius 3 is 2.63 bits per heavy atom. The number of rotatable bonds is 8. The molecule has 114 valence electrons. The second kappa shape index (κ2) is 8.26. The van der Waals surface area contributed by atoms with Crippen LogP contribution in [0.2, 0.25) is 0 Å². The van der Waals surface area contributed by atoms with Crippen molar-refractivity contribution in [3.63, 3.8) is 0 Å². The summed E-state index contributed by atoms with van der Waals surface area (Å²) in [5.74, 6) is 0.783. The lowest BCUT2D eigenvalue weighted by Crippen LogP contribution is -2.46. The number of hydrogen-bond acceptors (Lipinski definition) is 2. The smallest absolute Gasteiger partial charge is 0.0499 e. The van der Waals surface area contributed by atoms with Gasteiger partial charge in [0.2, 0.25) is 0 Å². The summed E-state index contributed by atoms with van der Waals surface area (Å²) in [6.45, 7) is 11.9. The first-order valence-electron chi connectivity index (χ1n) is 8.41. The summed E-state index contributed by atoms with van der Waals surface area (Å²) in [5, 5.41) is 9.96. The fourth-order valence-corrected chi connectivity index (χ4v) is 3.61. The number of aliphatic hydroxyl groups excluding tert-OH is 1. The van der Waals surface area contributed by atoms with Crippen molar-refractivity contribution in [1.82, 2.24) is 4.90 Å². The molecule has 3 unspecified atom stereocenters. The number of aliphatic hydroxyl groups is 1. The second-order valence-corrected chi connectivity index (χ2v) is 6.94. The van der Waals surface area contributed by atoms with Gasteiger partial charge in [0.1, 0.15) is 0 Å². The normalized spacial score (nSPS) is 29.7. The molecule has 0 saturated heterocycles. The predicted molar refractivity (Wildman–Crippen MR) is 83.4 cm³/mol. The van der Waals surface area contributed by atoms with Crippen molar-refractivity contribution < 1.29 is 5.11 Å². The molecule has 1 rings (SSSR count). The summed E-state index contributed by atoms with van der Waals surface area (Å²) in [4.78, 5) is 2.64. The fraction of sp³-hybridized carbons (Fsp3) is 1.00. The molecule has 0 aromatic carbocycles. The summed E-state index contributed by atoms with van der Waals surface area (Å²) >= 11 is 0. The van der Waals surface area contributed by atoms with Gasteiger partial charge in [-0.05, 0) is 45.1 Å². The average Bonchev–Trinajstić information content (AvgIpc) is 2.42.